The maximum atomic E-state index is 13.0. The SMILES string of the molecule is CC(=O)c1c(C)nn(CC(=O)N2CC3CC4CC2C[C@@H](C4)C3)c1C. The van der Waals surface area contributed by atoms with E-state index >= 15 is 0 Å². The molecule has 1 amide bonds. The summed E-state index contributed by atoms with van der Waals surface area (Å²) in [7, 11) is 0. The molecule has 1 aromatic rings. The number of Topliss-reactive ketones (excluding diaryl/α,β-unsaturated/α-hetero) is 1. The van der Waals surface area contributed by atoms with Crippen LogP contribution in [0.15, 0.2) is 0 Å². The second kappa shape index (κ2) is 5.71. The van der Waals surface area contributed by atoms with Crippen molar-refractivity contribution in [3.05, 3.63) is 17.0 Å². The molecule has 2 aliphatic carbocycles. The van der Waals surface area contributed by atoms with Gasteiger partial charge in [-0.1, -0.05) is 0 Å². The minimum atomic E-state index is 0.0226. The monoisotopic (exact) mass is 329 g/mol. The summed E-state index contributed by atoms with van der Waals surface area (Å²) in [6.07, 6.45) is 6.38. The van der Waals surface area contributed by atoms with E-state index in [9.17, 15) is 9.59 Å². The summed E-state index contributed by atoms with van der Waals surface area (Å²) in [6.45, 7) is 6.48. The van der Waals surface area contributed by atoms with E-state index in [-0.39, 0.29) is 18.2 Å². The smallest absolute Gasteiger partial charge is 0.244 e. The fourth-order valence-electron chi connectivity index (χ4n) is 5.67. The molecule has 2 saturated heterocycles. The Hall–Kier alpha value is -1.65. The van der Waals surface area contributed by atoms with Crippen LogP contribution in [-0.4, -0.2) is 39.0 Å². The lowest BCUT2D eigenvalue weighted by atomic mass is 9.68. The van der Waals surface area contributed by atoms with E-state index in [1.54, 1.807) is 11.6 Å². The van der Waals surface area contributed by atoms with Gasteiger partial charge in [-0.15, -0.1) is 0 Å². The van der Waals surface area contributed by atoms with E-state index in [1.165, 1.54) is 32.1 Å². The van der Waals surface area contributed by atoms with Crippen molar-refractivity contribution in [3.8, 4) is 0 Å². The third kappa shape index (κ3) is 2.58. The van der Waals surface area contributed by atoms with Gasteiger partial charge in [0.25, 0.3) is 0 Å². The highest BCUT2D eigenvalue weighted by molar-refractivity contribution is 5.96. The lowest BCUT2D eigenvalue weighted by Crippen LogP contribution is -2.43. The molecule has 0 spiro atoms. The van der Waals surface area contributed by atoms with Crippen molar-refractivity contribution in [2.75, 3.05) is 6.54 Å². The molecule has 0 aromatic carbocycles. The van der Waals surface area contributed by atoms with E-state index in [1.807, 2.05) is 13.8 Å². The first kappa shape index (κ1) is 15.9. The zero-order chi connectivity index (χ0) is 17.0. The van der Waals surface area contributed by atoms with Gasteiger partial charge >= 0.3 is 0 Å². The molecule has 2 saturated carbocycles. The molecule has 5 nitrogen and oxygen atoms in total. The number of hydrogen-bond donors (Lipinski definition) is 0. The van der Waals surface area contributed by atoms with Crippen molar-refractivity contribution in [2.24, 2.45) is 17.8 Å². The molecule has 130 valence electrons. The van der Waals surface area contributed by atoms with Crippen LogP contribution in [0.4, 0.5) is 0 Å². The molecule has 0 N–H and O–H groups in total. The maximum absolute atomic E-state index is 13.0. The van der Waals surface area contributed by atoms with Crippen LogP contribution in [0.5, 0.6) is 0 Å². The first-order valence-corrected chi connectivity index (χ1v) is 9.26. The Labute approximate surface area is 143 Å². The molecular formula is C19H27N3O2. The summed E-state index contributed by atoms with van der Waals surface area (Å²) in [5.74, 6) is 2.56. The van der Waals surface area contributed by atoms with Gasteiger partial charge in [0.2, 0.25) is 5.91 Å². The third-order valence-corrected chi connectivity index (χ3v) is 6.45. The largest absolute Gasteiger partial charge is 0.338 e. The maximum Gasteiger partial charge on any atom is 0.244 e. The van der Waals surface area contributed by atoms with E-state index in [2.05, 4.69) is 10.00 Å². The Balaban J connectivity index is 1.55. The van der Waals surface area contributed by atoms with Gasteiger partial charge in [-0.25, -0.2) is 0 Å². The van der Waals surface area contributed by atoms with Crippen LogP contribution in [0.1, 0.15) is 60.8 Å². The summed E-state index contributed by atoms with van der Waals surface area (Å²) in [6, 6.07) is 0.429. The minimum absolute atomic E-state index is 0.0226. The summed E-state index contributed by atoms with van der Waals surface area (Å²) in [5.41, 5.74) is 2.20. The number of ketones is 1. The highest BCUT2D eigenvalue weighted by Gasteiger charge is 2.44. The van der Waals surface area contributed by atoms with Crippen molar-refractivity contribution >= 4 is 11.7 Å². The summed E-state index contributed by atoms with van der Waals surface area (Å²) >= 11 is 0. The second-order valence-electron chi connectivity index (χ2n) is 8.24. The molecule has 0 radical (unpaired) electrons. The average Bonchev–Trinajstić information content (AvgIpc) is 2.62. The number of aryl methyl sites for hydroxylation is 1. The number of amides is 1. The molecule has 4 atom stereocenters. The van der Waals surface area contributed by atoms with Crippen LogP contribution in [0.25, 0.3) is 0 Å². The van der Waals surface area contributed by atoms with Crippen LogP contribution in [0.3, 0.4) is 0 Å². The Kier molecular flexibility index (Phi) is 3.77. The lowest BCUT2D eigenvalue weighted by Gasteiger charge is -2.39. The molecule has 2 aliphatic heterocycles. The van der Waals surface area contributed by atoms with Gasteiger partial charge < -0.3 is 4.90 Å². The minimum Gasteiger partial charge on any atom is -0.338 e. The van der Waals surface area contributed by atoms with Crippen LogP contribution in [-0.2, 0) is 11.3 Å². The Morgan fingerprint density at radius 2 is 1.67 bits per heavy atom. The van der Waals surface area contributed by atoms with Gasteiger partial charge in [0, 0.05) is 18.3 Å². The van der Waals surface area contributed by atoms with Gasteiger partial charge in [0.15, 0.2) is 5.78 Å². The fourth-order valence-corrected chi connectivity index (χ4v) is 5.67. The quantitative estimate of drug-likeness (QED) is 0.801. The van der Waals surface area contributed by atoms with Crippen LogP contribution >= 0.6 is 0 Å². The zero-order valence-electron chi connectivity index (χ0n) is 14.9. The standard InChI is InChI=1S/C19H27N3O2/c1-11-19(13(3)23)12(2)22(20-11)10-18(24)21-9-16-5-14-4-15(6-16)8-17(21)7-14/h14-17H,4-10H2,1-3H3/t14-,15?,16?,17?/m0/s1. The predicted octanol–water partition coefficient (Wildman–Crippen LogP) is 2.74. The van der Waals surface area contributed by atoms with E-state index in [0.29, 0.717) is 17.5 Å². The fraction of sp³-hybridized carbons (Fsp3) is 0.737. The van der Waals surface area contributed by atoms with Crippen LogP contribution in [0.2, 0.25) is 0 Å². The third-order valence-electron chi connectivity index (χ3n) is 6.45. The Morgan fingerprint density at radius 3 is 2.25 bits per heavy atom. The average molecular weight is 329 g/mol. The number of fused-ring (bicyclic) bond motifs is 1. The van der Waals surface area contributed by atoms with Crippen molar-refractivity contribution in [2.45, 2.75) is 65.5 Å². The van der Waals surface area contributed by atoms with Gasteiger partial charge in [-0.3, -0.25) is 14.3 Å². The molecular weight excluding hydrogens is 302 g/mol. The molecule has 24 heavy (non-hydrogen) atoms. The summed E-state index contributed by atoms with van der Waals surface area (Å²) in [4.78, 5) is 26.9. The zero-order valence-corrected chi connectivity index (χ0v) is 14.9. The Bertz CT molecular complexity index is 679. The summed E-state index contributed by atoms with van der Waals surface area (Å²) in [5, 5.41) is 4.45. The van der Waals surface area contributed by atoms with Crippen LogP contribution < -0.4 is 0 Å². The number of aromatic nitrogens is 2. The molecule has 5 heteroatoms. The topological polar surface area (TPSA) is 55.2 Å². The van der Waals surface area contributed by atoms with Crippen molar-refractivity contribution in [1.29, 1.82) is 0 Å². The number of carbonyl (C=O) groups excluding carboxylic acids is 2. The second-order valence-corrected chi connectivity index (χ2v) is 8.24. The van der Waals surface area contributed by atoms with E-state index in [0.717, 1.165) is 29.8 Å². The van der Waals surface area contributed by atoms with Crippen LogP contribution in [0, 0.1) is 31.6 Å². The number of hydrogen-bond acceptors (Lipinski definition) is 3. The van der Waals surface area contributed by atoms with Gasteiger partial charge in [0.1, 0.15) is 6.54 Å². The predicted molar refractivity (Wildman–Crippen MR) is 90.8 cm³/mol. The molecule has 1 aromatic heterocycles. The molecule has 5 rings (SSSR count). The van der Waals surface area contributed by atoms with E-state index in [4.69, 9.17) is 0 Å². The first-order chi connectivity index (χ1) is 11.4. The Morgan fingerprint density at radius 1 is 1.04 bits per heavy atom. The highest BCUT2D eigenvalue weighted by Crippen LogP contribution is 2.47. The van der Waals surface area contributed by atoms with Crippen molar-refractivity contribution in [1.82, 2.24) is 14.7 Å². The first-order valence-electron chi connectivity index (χ1n) is 9.26. The molecule has 3 unspecified atom stereocenters. The van der Waals surface area contributed by atoms with Gasteiger partial charge in [-0.2, -0.15) is 5.10 Å². The highest BCUT2D eigenvalue weighted by atomic mass is 16.2. The van der Waals surface area contributed by atoms with Gasteiger partial charge in [-0.05, 0) is 70.6 Å². The number of carbonyl (C=O) groups is 2. The van der Waals surface area contributed by atoms with E-state index < -0.39 is 0 Å². The molecule has 4 aliphatic rings. The number of rotatable bonds is 3. The summed E-state index contributed by atoms with van der Waals surface area (Å²) < 4.78 is 1.73. The van der Waals surface area contributed by atoms with Crippen molar-refractivity contribution in [3.63, 3.8) is 0 Å². The van der Waals surface area contributed by atoms with Gasteiger partial charge in [0.05, 0.1) is 11.3 Å². The normalized spacial score (nSPS) is 31.4. The lowest BCUT2D eigenvalue weighted by molar-refractivity contribution is -0.135. The molecule has 3 heterocycles. The van der Waals surface area contributed by atoms with Crippen molar-refractivity contribution < 1.29 is 9.59 Å². The molecule has 4 bridgehead atoms. The number of nitrogens with zero attached hydrogens (tertiary/aromatic N) is 3. The molecule has 4 fully saturated rings.